The molecule has 2 aromatic heterocycles. The Hall–Kier alpha value is -1.20. The van der Waals surface area contributed by atoms with E-state index in [-0.39, 0.29) is 6.04 Å². The van der Waals surface area contributed by atoms with Gasteiger partial charge in [0.25, 0.3) is 0 Å². The minimum absolute atomic E-state index is 0.145. The van der Waals surface area contributed by atoms with Gasteiger partial charge in [0.15, 0.2) is 0 Å². The number of rotatable bonds is 3. The molecular formula is C11H16N4S. The van der Waals surface area contributed by atoms with Crippen LogP contribution in [0.2, 0.25) is 0 Å². The lowest BCUT2D eigenvalue weighted by atomic mass is 10.2. The molecule has 0 aliphatic carbocycles. The highest BCUT2D eigenvalue weighted by Gasteiger charge is 2.18. The standard InChI is InChI=1S/C11H16N4S/c1-7-8(2)16-11(14-7)10(12-3)9-5-13-15(4)6-9/h5-6,10,12H,1-4H3. The number of thiazole rings is 1. The minimum atomic E-state index is 0.145. The number of aryl methyl sites for hydroxylation is 3. The molecule has 0 saturated heterocycles. The molecule has 0 fully saturated rings. The van der Waals surface area contributed by atoms with E-state index >= 15 is 0 Å². The third-order valence-electron chi connectivity index (χ3n) is 2.64. The Balaban J connectivity index is 2.36. The van der Waals surface area contributed by atoms with E-state index in [4.69, 9.17) is 0 Å². The summed E-state index contributed by atoms with van der Waals surface area (Å²) >= 11 is 1.74. The number of nitrogens with one attached hydrogen (secondary N) is 1. The van der Waals surface area contributed by atoms with Gasteiger partial charge in [-0.25, -0.2) is 4.98 Å². The Labute approximate surface area is 99.3 Å². The van der Waals surface area contributed by atoms with Gasteiger partial charge in [-0.15, -0.1) is 11.3 Å². The monoisotopic (exact) mass is 236 g/mol. The normalized spacial score (nSPS) is 13.0. The van der Waals surface area contributed by atoms with Crippen LogP contribution in [0.3, 0.4) is 0 Å². The van der Waals surface area contributed by atoms with Gasteiger partial charge in [-0.1, -0.05) is 0 Å². The Morgan fingerprint density at radius 3 is 2.62 bits per heavy atom. The molecule has 1 unspecified atom stereocenters. The maximum atomic E-state index is 4.59. The average Bonchev–Trinajstić information content (AvgIpc) is 2.77. The molecule has 5 heteroatoms. The molecule has 86 valence electrons. The van der Waals surface area contributed by atoms with Crippen molar-refractivity contribution in [2.24, 2.45) is 7.05 Å². The van der Waals surface area contributed by atoms with Crippen molar-refractivity contribution < 1.29 is 0 Å². The van der Waals surface area contributed by atoms with Gasteiger partial charge in [0.1, 0.15) is 5.01 Å². The van der Waals surface area contributed by atoms with Crippen LogP contribution < -0.4 is 5.32 Å². The zero-order chi connectivity index (χ0) is 11.7. The van der Waals surface area contributed by atoms with Crippen molar-refractivity contribution in [3.05, 3.63) is 33.5 Å². The summed E-state index contributed by atoms with van der Waals surface area (Å²) in [4.78, 5) is 5.86. The smallest absolute Gasteiger partial charge is 0.115 e. The van der Waals surface area contributed by atoms with Crippen LogP contribution in [-0.2, 0) is 7.05 Å². The highest BCUT2D eigenvalue weighted by molar-refractivity contribution is 7.11. The third kappa shape index (κ3) is 2.01. The quantitative estimate of drug-likeness (QED) is 0.883. The van der Waals surface area contributed by atoms with Gasteiger partial charge >= 0.3 is 0 Å². The highest BCUT2D eigenvalue weighted by Crippen LogP contribution is 2.27. The van der Waals surface area contributed by atoms with E-state index in [0.29, 0.717) is 0 Å². The fourth-order valence-electron chi connectivity index (χ4n) is 1.64. The first-order chi connectivity index (χ1) is 7.61. The molecule has 2 heterocycles. The largest absolute Gasteiger partial charge is 0.307 e. The van der Waals surface area contributed by atoms with E-state index in [9.17, 15) is 0 Å². The van der Waals surface area contributed by atoms with Crippen LogP contribution in [0.4, 0.5) is 0 Å². The van der Waals surface area contributed by atoms with Crippen LogP contribution in [0, 0.1) is 13.8 Å². The second kappa shape index (κ2) is 4.35. The molecular weight excluding hydrogens is 220 g/mol. The molecule has 16 heavy (non-hydrogen) atoms. The van der Waals surface area contributed by atoms with E-state index in [1.54, 1.807) is 11.3 Å². The molecule has 0 aromatic carbocycles. The molecule has 2 aromatic rings. The van der Waals surface area contributed by atoms with Crippen molar-refractivity contribution in [3.63, 3.8) is 0 Å². The first kappa shape index (κ1) is 11.3. The van der Waals surface area contributed by atoms with Gasteiger partial charge < -0.3 is 5.32 Å². The van der Waals surface area contributed by atoms with Crippen LogP contribution in [0.5, 0.6) is 0 Å². The van der Waals surface area contributed by atoms with Crippen LogP contribution in [0.25, 0.3) is 0 Å². The lowest BCUT2D eigenvalue weighted by Crippen LogP contribution is -2.16. The van der Waals surface area contributed by atoms with Gasteiger partial charge in [0.05, 0.1) is 17.9 Å². The summed E-state index contributed by atoms with van der Waals surface area (Å²) in [5.74, 6) is 0. The van der Waals surface area contributed by atoms with Crippen molar-refractivity contribution >= 4 is 11.3 Å². The van der Waals surface area contributed by atoms with E-state index in [1.807, 2.05) is 38.1 Å². The van der Waals surface area contributed by atoms with Crippen molar-refractivity contribution in [2.45, 2.75) is 19.9 Å². The first-order valence-electron chi connectivity index (χ1n) is 5.21. The summed E-state index contributed by atoms with van der Waals surface area (Å²) in [7, 11) is 3.87. The van der Waals surface area contributed by atoms with Gasteiger partial charge in [0.2, 0.25) is 0 Å². The Morgan fingerprint density at radius 1 is 1.44 bits per heavy atom. The minimum Gasteiger partial charge on any atom is -0.307 e. The second-order valence-electron chi connectivity index (χ2n) is 3.86. The van der Waals surface area contributed by atoms with Crippen LogP contribution in [0.1, 0.15) is 27.2 Å². The zero-order valence-electron chi connectivity index (χ0n) is 9.98. The van der Waals surface area contributed by atoms with Crippen molar-refractivity contribution in [1.29, 1.82) is 0 Å². The average molecular weight is 236 g/mol. The lowest BCUT2D eigenvalue weighted by molar-refractivity contribution is 0.682. The lowest BCUT2D eigenvalue weighted by Gasteiger charge is -2.10. The zero-order valence-corrected chi connectivity index (χ0v) is 10.8. The summed E-state index contributed by atoms with van der Waals surface area (Å²) in [6.07, 6.45) is 3.90. The van der Waals surface area contributed by atoms with E-state index in [0.717, 1.165) is 16.3 Å². The summed E-state index contributed by atoms with van der Waals surface area (Å²) in [5.41, 5.74) is 2.27. The third-order valence-corrected chi connectivity index (χ3v) is 3.78. The molecule has 0 saturated carbocycles. The fraction of sp³-hybridized carbons (Fsp3) is 0.455. The Kier molecular flexibility index (Phi) is 3.07. The molecule has 2 rings (SSSR count). The van der Waals surface area contributed by atoms with Gasteiger partial charge in [0, 0.05) is 23.7 Å². The molecule has 0 spiro atoms. The van der Waals surface area contributed by atoms with Gasteiger partial charge in [-0.3, -0.25) is 4.68 Å². The number of hydrogen-bond acceptors (Lipinski definition) is 4. The number of hydrogen-bond donors (Lipinski definition) is 1. The van der Waals surface area contributed by atoms with Crippen molar-refractivity contribution in [1.82, 2.24) is 20.1 Å². The maximum Gasteiger partial charge on any atom is 0.115 e. The van der Waals surface area contributed by atoms with Gasteiger partial charge in [-0.2, -0.15) is 5.10 Å². The SMILES string of the molecule is CNC(c1cnn(C)c1)c1nc(C)c(C)s1. The molecule has 0 radical (unpaired) electrons. The van der Waals surface area contributed by atoms with Crippen molar-refractivity contribution in [2.75, 3.05) is 7.05 Å². The van der Waals surface area contributed by atoms with Crippen LogP contribution >= 0.6 is 11.3 Å². The highest BCUT2D eigenvalue weighted by atomic mass is 32.1. The molecule has 4 nitrogen and oxygen atoms in total. The molecule has 1 N–H and O–H groups in total. The van der Waals surface area contributed by atoms with E-state index < -0.39 is 0 Å². The molecule has 0 bridgehead atoms. The summed E-state index contributed by atoms with van der Waals surface area (Å²) in [6, 6.07) is 0.145. The molecule has 0 amide bonds. The first-order valence-corrected chi connectivity index (χ1v) is 6.03. The Bertz CT molecular complexity index is 466. The predicted molar refractivity (Wildman–Crippen MR) is 65.7 cm³/mol. The molecule has 0 aliphatic heterocycles. The fourth-order valence-corrected chi connectivity index (χ4v) is 2.70. The predicted octanol–water partition coefficient (Wildman–Crippen LogP) is 1.80. The topological polar surface area (TPSA) is 42.7 Å². The van der Waals surface area contributed by atoms with Crippen LogP contribution in [0.15, 0.2) is 12.4 Å². The van der Waals surface area contributed by atoms with Gasteiger partial charge in [-0.05, 0) is 20.9 Å². The number of aromatic nitrogens is 3. The van der Waals surface area contributed by atoms with E-state index in [1.165, 1.54) is 4.88 Å². The second-order valence-corrected chi connectivity index (χ2v) is 5.10. The van der Waals surface area contributed by atoms with Crippen molar-refractivity contribution in [3.8, 4) is 0 Å². The summed E-state index contributed by atoms with van der Waals surface area (Å²) in [6.45, 7) is 4.15. The maximum absolute atomic E-state index is 4.59. The molecule has 0 aliphatic rings. The van der Waals surface area contributed by atoms with Crippen LogP contribution in [-0.4, -0.2) is 21.8 Å². The van der Waals surface area contributed by atoms with E-state index in [2.05, 4.69) is 22.3 Å². The summed E-state index contributed by atoms with van der Waals surface area (Å²) in [5, 5.41) is 8.58. The summed E-state index contributed by atoms with van der Waals surface area (Å²) < 4.78 is 1.81. The number of nitrogens with zero attached hydrogens (tertiary/aromatic N) is 3. The molecule has 1 atom stereocenters. The Morgan fingerprint density at radius 2 is 2.19 bits per heavy atom.